The maximum Gasteiger partial charge on any atom is 0.0935 e. The Balaban J connectivity index is 2.03. The van der Waals surface area contributed by atoms with Gasteiger partial charge in [-0.15, -0.1) is 11.3 Å². The second-order valence-electron chi connectivity index (χ2n) is 4.78. The first-order valence-corrected chi connectivity index (χ1v) is 6.41. The lowest BCUT2D eigenvalue weighted by Crippen LogP contribution is -2.43. The minimum atomic E-state index is 0.186. The lowest BCUT2D eigenvalue weighted by Gasteiger charge is -2.43. The third-order valence-electron chi connectivity index (χ3n) is 3.50. The van der Waals surface area contributed by atoms with Crippen LogP contribution in [0, 0.1) is 12.3 Å². The molecule has 3 heteroatoms. The molecule has 1 aromatic rings. The molecule has 1 aliphatic carbocycles. The smallest absolute Gasteiger partial charge is 0.0935 e. The van der Waals surface area contributed by atoms with E-state index in [-0.39, 0.29) is 5.41 Å². The fourth-order valence-corrected chi connectivity index (χ4v) is 3.27. The molecule has 1 N–H and O–H groups in total. The molecule has 0 aromatic carbocycles. The Bertz CT molecular complexity index is 325. The average Bonchev–Trinajstić information content (AvgIpc) is 2.58. The van der Waals surface area contributed by atoms with E-state index in [2.05, 4.69) is 30.3 Å². The van der Waals surface area contributed by atoms with Gasteiger partial charge in [0.2, 0.25) is 0 Å². The van der Waals surface area contributed by atoms with Gasteiger partial charge in [-0.25, -0.2) is 0 Å². The predicted molar refractivity (Wildman–Crippen MR) is 65.7 cm³/mol. The summed E-state index contributed by atoms with van der Waals surface area (Å²) in [6.45, 7) is 3.47. The summed E-state index contributed by atoms with van der Waals surface area (Å²) in [6.07, 6.45) is 3.63. The second kappa shape index (κ2) is 4.14. The zero-order valence-electron chi connectivity index (χ0n) is 9.49. The zero-order valence-corrected chi connectivity index (χ0v) is 10.3. The molecule has 0 radical (unpaired) electrons. The second-order valence-corrected chi connectivity index (χ2v) is 5.67. The molecule has 0 saturated heterocycles. The monoisotopic (exact) mass is 225 g/mol. The number of hydrogen-bond acceptors (Lipinski definition) is 3. The Hall–Kier alpha value is -0.540. The van der Waals surface area contributed by atoms with Gasteiger partial charge in [-0.2, -0.15) is 0 Å². The minimum Gasteiger partial charge on any atom is -0.396 e. The summed E-state index contributed by atoms with van der Waals surface area (Å²) >= 11 is 1.79. The SMILES string of the molecule is Cc1ccsc1N(C)CC1(CO)CCC1. The van der Waals surface area contributed by atoms with Crippen molar-refractivity contribution in [1.82, 2.24) is 0 Å². The molecule has 15 heavy (non-hydrogen) atoms. The fraction of sp³-hybridized carbons (Fsp3) is 0.667. The first kappa shape index (κ1) is 11.0. The largest absolute Gasteiger partial charge is 0.396 e. The van der Waals surface area contributed by atoms with Gasteiger partial charge in [-0.3, -0.25) is 0 Å². The van der Waals surface area contributed by atoms with E-state index in [0.29, 0.717) is 6.61 Å². The number of rotatable bonds is 4. The van der Waals surface area contributed by atoms with E-state index in [9.17, 15) is 5.11 Å². The quantitative estimate of drug-likeness (QED) is 0.851. The topological polar surface area (TPSA) is 23.5 Å². The Morgan fingerprint density at radius 3 is 2.67 bits per heavy atom. The predicted octanol–water partition coefficient (Wildman–Crippen LogP) is 2.66. The Kier molecular flexibility index (Phi) is 3.03. The molecule has 0 unspecified atom stereocenters. The van der Waals surface area contributed by atoms with Crippen molar-refractivity contribution in [3.05, 3.63) is 17.0 Å². The van der Waals surface area contributed by atoms with Crippen molar-refractivity contribution >= 4 is 16.3 Å². The Morgan fingerprint density at radius 1 is 1.53 bits per heavy atom. The zero-order chi connectivity index (χ0) is 10.9. The molecule has 1 fully saturated rings. The van der Waals surface area contributed by atoms with Crippen LogP contribution in [0.4, 0.5) is 5.00 Å². The van der Waals surface area contributed by atoms with E-state index in [1.54, 1.807) is 11.3 Å². The average molecular weight is 225 g/mol. The molecular weight excluding hydrogens is 206 g/mol. The number of nitrogens with zero attached hydrogens (tertiary/aromatic N) is 1. The van der Waals surface area contributed by atoms with Crippen molar-refractivity contribution in [3.8, 4) is 0 Å². The van der Waals surface area contributed by atoms with E-state index in [1.807, 2.05) is 0 Å². The molecule has 1 aliphatic rings. The molecule has 0 spiro atoms. The molecule has 1 aromatic heterocycles. The number of hydrogen-bond donors (Lipinski definition) is 1. The third-order valence-corrected chi connectivity index (χ3v) is 4.63. The van der Waals surface area contributed by atoms with Crippen LogP contribution in [0.2, 0.25) is 0 Å². The lowest BCUT2D eigenvalue weighted by molar-refractivity contribution is 0.0525. The van der Waals surface area contributed by atoms with E-state index < -0.39 is 0 Å². The van der Waals surface area contributed by atoms with Crippen LogP contribution in [0.3, 0.4) is 0 Å². The molecule has 2 rings (SSSR count). The van der Waals surface area contributed by atoms with Crippen LogP contribution in [0.15, 0.2) is 11.4 Å². The van der Waals surface area contributed by atoms with Crippen molar-refractivity contribution in [1.29, 1.82) is 0 Å². The fourth-order valence-electron chi connectivity index (χ4n) is 2.37. The summed E-state index contributed by atoms with van der Waals surface area (Å²) in [5.74, 6) is 0. The van der Waals surface area contributed by atoms with Gasteiger partial charge in [0.25, 0.3) is 0 Å². The lowest BCUT2D eigenvalue weighted by atomic mass is 9.69. The van der Waals surface area contributed by atoms with E-state index >= 15 is 0 Å². The summed E-state index contributed by atoms with van der Waals surface area (Å²) < 4.78 is 0. The van der Waals surface area contributed by atoms with Gasteiger partial charge in [0.1, 0.15) is 0 Å². The summed E-state index contributed by atoms with van der Waals surface area (Å²) in [5, 5.41) is 12.9. The third kappa shape index (κ3) is 2.04. The molecule has 0 amide bonds. The molecule has 0 aliphatic heterocycles. The number of thiophene rings is 1. The Labute approximate surface area is 95.5 Å². The van der Waals surface area contributed by atoms with Crippen LogP contribution < -0.4 is 4.90 Å². The maximum absolute atomic E-state index is 9.43. The van der Waals surface area contributed by atoms with Crippen molar-refractivity contribution < 1.29 is 5.11 Å². The molecule has 84 valence electrons. The summed E-state index contributed by atoms with van der Waals surface area (Å²) in [5.41, 5.74) is 1.53. The van der Waals surface area contributed by atoms with Gasteiger partial charge in [0.05, 0.1) is 11.6 Å². The van der Waals surface area contributed by atoms with Crippen molar-refractivity contribution in [2.75, 3.05) is 25.1 Å². The van der Waals surface area contributed by atoms with E-state index in [1.165, 1.54) is 29.8 Å². The highest BCUT2D eigenvalue weighted by Gasteiger charge is 2.37. The van der Waals surface area contributed by atoms with E-state index in [0.717, 1.165) is 6.54 Å². The van der Waals surface area contributed by atoms with Gasteiger partial charge >= 0.3 is 0 Å². The van der Waals surface area contributed by atoms with Gasteiger partial charge in [-0.1, -0.05) is 6.42 Å². The van der Waals surface area contributed by atoms with Crippen LogP contribution in [-0.2, 0) is 0 Å². The number of aryl methyl sites for hydroxylation is 1. The van der Waals surface area contributed by atoms with Gasteiger partial charge in [0, 0.05) is 19.0 Å². The summed E-state index contributed by atoms with van der Waals surface area (Å²) in [7, 11) is 2.13. The molecular formula is C12H19NOS. The number of anilines is 1. The highest BCUT2D eigenvalue weighted by Crippen LogP contribution is 2.42. The van der Waals surface area contributed by atoms with Crippen molar-refractivity contribution in [3.63, 3.8) is 0 Å². The standard InChI is InChI=1S/C12H19NOS/c1-10-4-7-15-11(10)13(2)8-12(9-14)5-3-6-12/h4,7,14H,3,5-6,8-9H2,1-2H3. The van der Waals surface area contributed by atoms with Gasteiger partial charge < -0.3 is 10.0 Å². The normalized spacial score (nSPS) is 18.6. The maximum atomic E-state index is 9.43. The van der Waals surface area contributed by atoms with Gasteiger partial charge in [-0.05, 0) is 36.8 Å². The number of aliphatic hydroxyl groups is 1. The van der Waals surface area contributed by atoms with Crippen LogP contribution in [0.25, 0.3) is 0 Å². The van der Waals surface area contributed by atoms with E-state index in [4.69, 9.17) is 0 Å². The molecule has 0 atom stereocenters. The first-order valence-electron chi connectivity index (χ1n) is 5.53. The van der Waals surface area contributed by atoms with Crippen molar-refractivity contribution in [2.24, 2.45) is 5.41 Å². The molecule has 2 nitrogen and oxygen atoms in total. The van der Waals surface area contributed by atoms with Crippen LogP contribution in [-0.4, -0.2) is 25.3 Å². The molecule has 1 saturated carbocycles. The van der Waals surface area contributed by atoms with Crippen LogP contribution >= 0.6 is 11.3 Å². The summed E-state index contributed by atoms with van der Waals surface area (Å²) in [6, 6.07) is 2.16. The molecule has 0 bridgehead atoms. The highest BCUT2D eigenvalue weighted by molar-refractivity contribution is 7.14. The first-order chi connectivity index (χ1) is 7.17. The highest BCUT2D eigenvalue weighted by atomic mass is 32.1. The Morgan fingerprint density at radius 2 is 2.27 bits per heavy atom. The summed E-state index contributed by atoms with van der Waals surface area (Å²) in [4.78, 5) is 2.30. The number of aliphatic hydroxyl groups excluding tert-OH is 1. The minimum absolute atomic E-state index is 0.186. The van der Waals surface area contributed by atoms with Crippen LogP contribution in [0.1, 0.15) is 24.8 Å². The van der Waals surface area contributed by atoms with Crippen LogP contribution in [0.5, 0.6) is 0 Å². The van der Waals surface area contributed by atoms with Gasteiger partial charge in [0.15, 0.2) is 0 Å². The molecule has 1 heterocycles. The van der Waals surface area contributed by atoms with Crippen molar-refractivity contribution in [2.45, 2.75) is 26.2 Å².